The first-order chi connectivity index (χ1) is 15.5. The van der Waals surface area contributed by atoms with Gasteiger partial charge in [-0.25, -0.2) is 4.98 Å². The van der Waals surface area contributed by atoms with E-state index in [1.165, 1.54) is 5.56 Å². The fourth-order valence-corrected chi connectivity index (χ4v) is 5.12. The molecule has 1 amide bonds. The third-order valence-electron chi connectivity index (χ3n) is 7.01. The molecule has 1 aromatic carbocycles. The Morgan fingerprint density at radius 3 is 2.62 bits per heavy atom. The van der Waals surface area contributed by atoms with E-state index in [4.69, 9.17) is 4.98 Å². The van der Waals surface area contributed by atoms with Crippen molar-refractivity contribution in [2.24, 2.45) is 0 Å². The van der Waals surface area contributed by atoms with E-state index >= 15 is 0 Å². The van der Waals surface area contributed by atoms with Crippen molar-refractivity contribution in [2.45, 2.75) is 63.8 Å². The lowest BCUT2D eigenvalue weighted by Crippen LogP contribution is -2.43. The SMILES string of the molecule is CC(CN(C)CC(=O)N1CCC(c2cc(=O)n3c(n2)CCCCC3)CC1)c1ccccc1. The summed E-state index contributed by atoms with van der Waals surface area (Å²) in [4.78, 5) is 34.5. The monoisotopic (exact) mass is 436 g/mol. The number of likely N-dealkylation sites (tertiary alicyclic amines) is 1. The topological polar surface area (TPSA) is 58.4 Å². The summed E-state index contributed by atoms with van der Waals surface area (Å²) >= 11 is 0. The number of carbonyl (C=O) groups is 1. The van der Waals surface area contributed by atoms with Crippen LogP contribution in [0.2, 0.25) is 0 Å². The Morgan fingerprint density at radius 2 is 1.88 bits per heavy atom. The summed E-state index contributed by atoms with van der Waals surface area (Å²) in [5.41, 5.74) is 2.33. The van der Waals surface area contributed by atoms with Crippen molar-refractivity contribution in [1.29, 1.82) is 0 Å². The van der Waals surface area contributed by atoms with Crippen molar-refractivity contribution in [3.05, 3.63) is 63.8 Å². The molecule has 1 aromatic heterocycles. The molecule has 0 spiro atoms. The van der Waals surface area contributed by atoms with Crippen molar-refractivity contribution >= 4 is 5.91 Å². The number of piperidine rings is 1. The first-order valence-corrected chi connectivity index (χ1v) is 12.1. The third-order valence-corrected chi connectivity index (χ3v) is 7.01. The maximum absolute atomic E-state index is 12.9. The molecule has 6 heteroatoms. The molecule has 1 fully saturated rings. The maximum Gasteiger partial charge on any atom is 0.253 e. The highest BCUT2D eigenvalue weighted by Gasteiger charge is 2.26. The van der Waals surface area contributed by atoms with Crippen LogP contribution in [0.3, 0.4) is 0 Å². The van der Waals surface area contributed by atoms with E-state index in [2.05, 4.69) is 36.1 Å². The van der Waals surface area contributed by atoms with Crippen molar-refractivity contribution < 1.29 is 4.79 Å². The Labute approximate surface area is 191 Å². The van der Waals surface area contributed by atoms with E-state index in [0.717, 1.165) is 76.2 Å². The maximum atomic E-state index is 12.9. The van der Waals surface area contributed by atoms with Gasteiger partial charge in [0.1, 0.15) is 5.82 Å². The number of aryl methyl sites for hydroxylation is 1. The lowest BCUT2D eigenvalue weighted by atomic mass is 9.93. The van der Waals surface area contributed by atoms with E-state index in [1.807, 2.05) is 22.6 Å². The molecule has 0 N–H and O–H groups in total. The molecule has 0 bridgehead atoms. The van der Waals surface area contributed by atoms with Gasteiger partial charge in [0.2, 0.25) is 5.91 Å². The van der Waals surface area contributed by atoms with Gasteiger partial charge in [-0.05, 0) is 44.2 Å². The Morgan fingerprint density at radius 1 is 1.12 bits per heavy atom. The summed E-state index contributed by atoms with van der Waals surface area (Å²) in [5, 5.41) is 0. The second-order valence-electron chi connectivity index (χ2n) is 9.56. The van der Waals surface area contributed by atoms with Crippen LogP contribution in [0.25, 0.3) is 0 Å². The number of hydrogen-bond acceptors (Lipinski definition) is 4. The van der Waals surface area contributed by atoms with Crippen LogP contribution in [0.5, 0.6) is 0 Å². The van der Waals surface area contributed by atoms with E-state index in [9.17, 15) is 9.59 Å². The van der Waals surface area contributed by atoms with Crippen molar-refractivity contribution in [1.82, 2.24) is 19.4 Å². The van der Waals surface area contributed by atoms with Gasteiger partial charge >= 0.3 is 0 Å². The molecule has 2 aliphatic heterocycles. The highest BCUT2D eigenvalue weighted by atomic mass is 16.2. The number of aromatic nitrogens is 2. The molecule has 4 rings (SSSR count). The van der Waals surface area contributed by atoms with E-state index < -0.39 is 0 Å². The molecule has 172 valence electrons. The van der Waals surface area contributed by atoms with Crippen LogP contribution in [-0.2, 0) is 17.8 Å². The Bertz CT molecular complexity index is 964. The zero-order chi connectivity index (χ0) is 22.5. The second-order valence-corrected chi connectivity index (χ2v) is 9.56. The highest BCUT2D eigenvalue weighted by Crippen LogP contribution is 2.27. The molecule has 0 saturated carbocycles. The average Bonchev–Trinajstić information content (AvgIpc) is 3.05. The van der Waals surface area contributed by atoms with Crippen LogP contribution in [0.1, 0.15) is 67.9 Å². The van der Waals surface area contributed by atoms with Gasteiger partial charge in [-0.2, -0.15) is 0 Å². The van der Waals surface area contributed by atoms with Gasteiger partial charge in [-0.1, -0.05) is 43.7 Å². The van der Waals surface area contributed by atoms with Gasteiger partial charge < -0.3 is 4.90 Å². The predicted molar refractivity (Wildman–Crippen MR) is 127 cm³/mol. The normalized spacial score (nSPS) is 18.3. The lowest BCUT2D eigenvalue weighted by molar-refractivity contribution is -0.133. The molecule has 3 heterocycles. The number of benzene rings is 1. The summed E-state index contributed by atoms with van der Waals surface area (Å²) in [5.74, 6) is 1.81. The van der Waals surface area contributed by atoms with Crippen LogP contribution in [0.15, 0.2) is 41.2 Å². The molecule has 0 radical (unpaired) electrons. The third kappa shape index (κ3) is 5.47. The smallest absolute Gasteiger partial charge is 0.253 e. The number of carbonyl (C=O) groups excluding carboxylic acids is 1. The summed E-state index contributed by atoms with van der Waals surface area (Å²) in [7, 11) is 2.02. The Kier molecular flexibility index (Phi) is 7.40. The van der Waals surface area contributed by atoms with Gasteiger partial charge in [0, 0.05) is 44.6 Å². The fourth-order valence-electron chi connectivity index (χ4n) is 5.12. The first-order valence-electron chi connectivity index (χ1n) is 12.1. The molecule has 1 atom stereocenters. The van der Waals surface area contributed by atoms with Crippen molar-refractivity contribution in [3.8, 4) is 0 Å². The van der Waals surface area contributed by atoms with Crippen LogP contribution in [-0.4, -0.2) is 58.5 Å². The van der Waals surface area contributed by atoms with Gasteiger partial charge in [0.25, 0.3) is 5.56 Å². The summed E-state index contributed by atoms with van der Waals surface area (Å²) in [6.07, 6.45) is 6.00. The average molecular weight is 437 g/mol. The number of rotatable bonds is 6. The lowest BCUT2D eigenvalue weighted by Gasteiger charge is -2.33. The van der Waals surface area contributed by atoms with E-state index in [1.54, 1.807) is 6.07 Å². The molecule has 1 unspecified atom stereocenters. The van der Waals surface area contributed by atoms with E-state index in [0.29, 0.717) is 12.5 Å². The largest absolute Gasteiger partial charge is 0.342 e. The van der Waals surface area contributed by atoms with Crippen LogP contribution >= 0.6 is 0 Å². The predicted octanol–water partition coefficient (Wildman–Crippen LogP) is 3.41. The molecule has 32 heavy (non-hydrogen) atoms. The zero-order valence-electron chi connectivity index (χ0n) is 19.5. The van der Waals surface area contributed by atoms with Crippen LogP contribution in [0.4, 0.5) is 0 Å². The standard InChI is InChI=1S/C26H36N4O2/c1-20(21-9-5-3-6-10-21)18-28(2)19-26(32)29-15-12-22(13-16-29)23-17-25(31)30-14-8-4-7-11-24(30)27-23/h3,5-6,9-10,17,20,22H,4,7-8,11-16,18-19H2,1-2H3. The van der Waals surface area contributed by atoms with Crippen molar-refractivity contribution in [2.75, 3.05) is 33.2 Å². The van der Waals surface area contributed by atoms with Crippen LogP contribution < -0.4 is 5.56 Å². The Balaban J connectivity index is 1.30. The van der Waals surface area contributed by atoms with Gasteiger partial charge in [-0.15, -0.1) is 0 Å². The molecule has 2 aromatic rings. The first kappa shape index (κ1) is 22.7. The minimum absolute atomic E-state index is 0.0968. The molecule has 2 aliphatic rings. The molecular formula is C26H36N4O2. The van der Waals surface area contributed by atoms with E-state index in [-0.39, 0.29) is 17.4 Å². The van der Waals surface area contributed by atoms with Gasteiger partial charge in [0.15, 0.2) is 0 Å². The molecular weight excluding hydrogens is 400 g/mol. The number of hydrogen-bond donors (Lipinski definition) is 0. The molecule has 0 aliphatic carbocycles. The second kappa shape index (κ2) is 10.4. The number of fused-ring (bicyclic) bond motifs is 1. The number of likely N-dealkylation sites (N-methyl/N-ethyl adjacent to an activating group) is 1. The minimum Gasteiger partial charge on any atom is -0.342 e. The van der Waals surface area contributed by atoms with Crippen LogP contribution in [0, 0.1) is 0 Å². The summed E-state index contributed by atoms with van der Waals surface area (Å²) in [6, 6.07) is 12.2. The zero-order valence-corrected chi connectivity index (χ0v) is 19.5. The molecule has 6 nitrogen and oxygen atoms in total. The Hall–Kier alpha value is -2.47. The quantitative estimate of drug-likeness (QED) is 0.696. The fraction of sp³-hybridized carbons (Fsp3) is 0.577. The van der Waals surface area contributed by atoms with Gasteiger partial charge in [-0.3, -0.25) is 19.1 Å². The summed E-state index contributed by atoms with van der Waals surface area (Å²) < 4.78 is 1.86. The number of amides is 1. The number of nitrogens with zero attached hydrogens (tertiary/aromatic N) is 4. The molecule has 1 saturated heterocycles. The highest BCUT2D eigenvalue weighted by molar-refractivity contribution is 5.78. The minimum atomic E-state index is 0.0968. The van der Waals surface area contributed by atoms with Crippen molar-refractivity contribution in [3.63, 3.8) is 0 Å². The van der Waals surface area contributed by atoms with Gasteiger partial charge in [0.05, 0.1) is 12.2 Å². The summed E-state index contributed by atoms with van der Waals surface area (Å²) in [6.45, 7) is 5.79.